The maximum absolute atomic E-state index is 2.36. The number of hydrogen-bond donors (Lipinski definition) is 0. The summed E-state index contributed by atoms with van der Waals surface area (Å²) < 4.78 is 0. The second kappa shape index (κ2) is 7.30. The van der Waals surface area contributed by atoms with Gasteiger partial charge in [-0.05, 0) is 17.8 Å². The van der Waals surface area contributed by atoms with E-state index in [4.69, 9.17) is 0 Å². The van der Waals surface area contributed by atoms with Crippen LogP contribution in [0.2, 0.25) is 0 Å². The SMILES string of the molecule is CCCC1CCCC(CCC)C1CCC. The van der Waals surface area contributed by atoms with E-state index < -0.39 is 0 Å². The van der Waals surface area contributed by atoms with Crippen LogP contribution in [0.4, 0.5) is 0 Å². The number of rotatable bonds is 6. The Balaban J connectivity index is 2.53. The topological polar surface area (TPSA) is 0 Å². The van der Waals surface area contributed by atoms with Crippen LogP contribution in [0, 0.1) is 17.8 Å². The molecule has 0 aromatic heterocycles. The van der Waals surface area contributed by atoms with Crippen molar-refractivity contribution < 1.29 is 0 Å². The van der Waals surface area contributed by atoms with Gasteiger partial charge in [-0.3, -0.25) is 0 Å². The molecule has 0 amide bonds. The van der Waals surface area contributed by atoms with Crippen LogP contribution in [-0.2, 0) is 0 Å². The van der Waals surface area contributed by atoms with Crippen LogP contribution >= 0.6 is 0 Å². The molecule has 0 heteroatoms. The summed E-state index contributed by atoms with van der Waals surface area (Å²) in [6.07, 6.45) is 13.2. The second-order valence-electron chi connectivity index (χ2n) is 5.48. The van der Waals surface area contributed by atoms with Gasteiger partial charge in [0.1, 0.15) is 0 Å². The minimum Gasteiger partial charge on any atom is -0.0654 e. The van der Waals surface area contributed by atoms with Gasteiger partial charge < -0.3 is 0 Å². The maximum Gasteiger partial charge on any atom is -0.0358 e. The lowest BCUT2D eigenvalue weighted by molar-refractivity contribution is 0.124. The Hall–Kier alpha value is 0. The Labute approximate surface area is 96.8 Å². The average molecular weight is 210 g/mol. The smallest absolute Gasteiger partial charge is 0.0358 e. The Bertz CT molecular complexity index is 132. The zero-order valence-corrected chi connectivity index (χ0v) is 11.1. The van der Waals surface area contributed by atoms with Gasteiger partial charge in [0.05, 0.1) is 0 Å². The summed E-state index contributed by atoms with van der Waals surface area (Å²) in [5, 5.41) is 0. The molecule has 90 valence electrons. The van der Waals surface area contributed by atoms with E-state index in [0.717, 1.165) is 17.8 Å². The minimum absolute atomic E-state index is 1.07. The van der Waals surface area contributed by atoms with E-state index in [0.29, 0.717) is 0 Å². The molecule has 0 saturated heterocycles. The summed E-state index contributed by atoms with van der Waals surface area (Å²) in [6, 6.07) is 0. The molecule has 0 heterocycles. The summed E-state index contributed by atoms with van der Waals surface area (Å²) in [4.78, 5) is 0. The van der Waals surface area contributed by atoms with Crippen LogP contribution in [0.25, 0.3) is 0 Å². The van der Waals surface area contributed by atoms with Crippen molar-refractivity contribution >= 4 is 0 Å². The van der Waals surface area contributed by atoms with E-state index in [1.165, 1.54) is 57.8 Å². The van der Waals surface area contributed by atoms with E-state index in [-0.39, 0.29) is 0 Å². The molecule has 0 bridgehead atoms. The quantitative estimate of drug-likeness (QED) is 0.549. The molecular formula is C15H30. The van der Waals surface area contributed by atoms with Gasteiger partial charge in [-0.2, -0.15) is 0 Å². The van der Waals surface area contributed by atoms with Gasteiger partial charge >= 0.3 is 0 Å². The normalized spacial score (nSPS) is 31.8. The minimum atomic E-state index is 1.07. The fraction of sp³-hybridized carbons (Fsp3) is 1.00. The van der Waals surface area contributed by atoms with Crippen molar-refractivity contribution in [1.82, 2.24) is 0 Å². The molecule has 1 rings (SSSR count). The van der Waals surface area contributed by atoms with Crippen LogP contribution in [0.5, 0.6) is 0 Å². The summed E-state index contributed by atoms with van der Waals surface area (Å²) in [6.45, 7) is 7.07. The highest BCUT2D eigenvalue weighted by Crippen LogP contribution is 2.41. The Morgan fingerprint density at radius 3 is 1.60 bits per heavy atom. The standard InChI is InChI=1S/C15H30/c1-4-8-13-11-7-12-14(9-5-2)15(13)10-6-3/h13-15H,4-12H2,1-3H3. The molecule has 1 aliphatic carbocycles. The zero-order valence-electron chi connectivity index (χ0n) is 11.1. The third kappa shape index (κ3) is 3.81. The highest BCUT2D eigenvalue weighted by Gasteiger charge is 2.30. The summed E-state index contributed by atoms with van der Waals surface area (Å²) in [7, 11) is 0. The molecule has 2 atom stereocenters. The molecule has 0 aliphatic heterocycles. The van der Waals surface area contributed by atoms with E-state index in [2.05, 4.69) is 20.8 Å². The van der Waals surface area contributed by atoms with Crippen molar-refractivity contribution in [3.63, 3.8) is 0 Å². The molecule has 1 saturated carbocycles. The summed E-state index contributed by atoms with van der Waals surface area (Å²) in [5.41, 5.74) is 0. The Kier molecular flexibility index (Phi) is 6.36. The first-order valence-electron chi connectivity index (χ1n) is 7.33. The van der Waals surface area contributed by atoms with Gasteiger partial charge in [-0.15, -0.1) is 0 Å². The molecule has 0 nitrogen and oxygen atoms in total. The molecular weight excluding hydrogens is 180 g/mol. The van der Waals surface area contributed by atoms with E-state index >= 15 is 0 Å². The molecule has 0 aromatic carbocycles. The van der Waals surface area contributed by atoms with E-state index in [1.807, 2.05) is 0 Å². The lowest BCUT2D eigenvalue weighted by Crippen LogP contribution is -2.28. The van der Waals surface area contributed by atoms with Crippen LogP contribution in [0.15, 0.2) is 0 Å². The van der Waals surface area contributed by atoms with Crippen molar-refractivity contribution in [1.29, 1.82) is 0 Å². The molecule has 15 heavy (non-hydrogen) atoms. The molecule has 2 unspecified atom stereocenters. The molecule has 0 radical (unpaired) electrons. The lowest BCUT2D eigenvalue weighted by atomic mass is 9.67. The van der Waals surface area contributed by atoms with Gasteiger partial charge in [0.2, 0.25) is 0 Å². The van der Waals surface area contributed by atoms with Gasteiger partial charge in [-0.25, -0.2) is 0 Å². The third-order valence-corrected chi connectivity index (χ3v) is 4.30. The first-order chi connectivity index (χ1) is 7.33. The van der Waals surface area contributed by atoms with E-state index in [9.17, 15) is 0 Å². The third-order valence-electron chi connectivity index (χ3n) is 4.30. The van der Waals surface area contributed by atoms with Gasteiger partial charge in [-0.1, -0.05) is 78.6 Å². The predicted octanol–water partition coefficient (Wildman–Crippen LogP) is 5.42. The summed E-state index contributed by atoms with van der Waals surface area (Å²) >= 11 is 0. The van der Waals surface area contributed by atoms with E-state index in [1.54, 1.807) is 0 Å². The van der Waals surface area contributed by atoms with Crippen molar-refractivity contribution in [2.45, 2.75) is 78.6 Å². The van der Waals surface area contributed by atoms with Gasteiger partial charge in [0, 0.05) is 0 Å². The number of hydrogen-bond acceptors (Lipinski definition) is 0. The largest absolute Gasteiger partial charge is 0.0654 e. The summed E-state index contributed by atoms with van der Waals surface area (Å²) in [5.74, 6) is 3.21. The van der Waals surface area contributed by atoms with Crippen LogP contribution in [0.3, 0.4) is 0 Å². The second-order valence-corrected chi connectivity index (χ2v) is 5.48. The molecule has 1 fully saturated rings. The van der Waals surface area contributed by atoms with Crippen LogP contribution in [-0.4, -0.2) is 0 Å². The molecule has 0 N–H and O–H groups in total. The van der Waals surface area contributed by atoms with Gasteiger partial charge in [0.25, 0.3) is 0 Å². The first kappa shape index (κ1) is 13.1. The first-order valence-corrected chi connectivity index (χ1v) is 7.33. The van der Waals surface area contributed by atoms with Crippen molar-refractivity contribution in [2.75, 3.05) is 0 Å². The van der Waals surface area contributed by atoms with Gasteiger partial charge in [0.15, 0.2) is 0 Å². The fourth-order valence-corrected chi connectivity index (χ4v) is 3.72. The lowest BCUT2D eigenvalue weighted by Gasteiger charge is -2.38. The van der Waals surface area contributed by atoms with Crippen molar-refractivity contribution in [3.8, 4) is 0 Å². The Morgan fingerprint density at radius 1 is 0.733 bits per heavy atom. The predicted molar refractivity (Wildman–Crippen MR) is 69.0 cm³/mol. The molecule has 0 aromatic rings. The monoisotopic (exact) mass is 210 g/mol. The highest BCUT2D eigenvalue weighted by molar-refractivity contribution is 4.81. The average Bonchev–Trinajstić information content (AvgIpc) is 2.23. The molecule has 0 spiro atoms. The van der Waals surface area contributed by atoms with Crippen molar-refractivity contribution in [2.24, 2.45) is 17.8 Å². The zero-order chi connectivity index (χ0) is 11.1. The van der Waals surface area contributed by atoms with Crippen LogP contribution in [0.1, 0.15) is 78.6 Å². The highest BCUT2D eigenvalue weighted by atomic mass is 14.4. The van der Waals surface area contributed by atoms with Crippen molar-refractivity contribution in [3.05, 3.63) is 0 Å². The Morgan fingerprint density at radius 2 is 1.20 bits per heavy atom. The fourth-order valence-electron chi connectivity index (χ4n) is 3.72. The molecule has 1 aliphatic rings. The maximum atomic E-state index is 2.36. The van der Waals surface area contributed by atoms with Crippen LogP contribution < -0.4 is 0 Å².